The number of anilines is 2. The molecule has 6 heteroatoms. The zero-order valence-corrected chi connectivity index (χ0v) is 15.7. The summed E-state index contributed by atoms with van der Waals surface area (Å²) in [6.07, 6.45) is 2.50. The summed E-state index contributed by atoms with van der Waals surface area (Å²) in [7, 11) is 1.66. The quantitative estimate of drug-likeness (QED) is 0.625. The third kappa shape index (κ3) is 5.46. The van der Waals surface area contributed by atoms with Gasteiger partial charge >= 0.3 is 0 Å². The molecule has 1 heterocycles. The van der Waals surface area contributed by atoms with Gasteiger partial charge in [0.05, 0.1) is 19.0 Å². The molecular weight excluding hydrogens is 362 g/mol. The van der Waals surface area contributed by atoms with E-state index in [9.17, 15) is 4.79 Å². The van der Waals surface area contributed by atoms with Gasteiger partial charge in [-0.1, -0.05) is 23.7 Å². The van der Waals surface area contributed by atoms with E-state index in [-0.39, 0.29) is 5.91 Å². The summed E-state index contributed by atoms with van der Waals surface area (Å²) in [6.45, 7) is 0.760. The molecule has 3 aromatic rings. The molecule has 0 radical (unpaired) electrons. The van der Waals surface area contributed by atoms with Crippen molar-refractivity contribution >= 4 is 29.0 Å². The van der Waals surface area contributed by atoms with E-state index in [0.717, 1.165) is 24.5 Å². The van der Waals surface area contributed by atoms with Crippen molar-refractivity contribution in [2.45, 2.75) is 6.42 Å². The number of carbonyl (C=O) groups excluding carboxylic acids is 1. The SMILES string of the molecule is COc1ccc(CCNc2ccc(NC(=O)c3ccc(Cl)cc3)cn2)cc1. The molecule has 0 aliphatic rings. The molecular formula is C21H20ClN3O2. The molecule has 27 heavy (non-hydrogen) atoms. The molecule has 1 aromatic heterocycles. The minimum absolute atomic E-state index is 0.200. The fourth-order valence-electron chi connectivity index (χ4n) is 2.50. The third-order valence-corrected chi connectivity index (χ3v) is 4.26. The number of nitrogens with one attached hydrogen (secondary N) is 2. The van der Waals surface area contributed by atoms with Crippen molar-refractivity contribution in [2.24, 2.45) is 0 Å². The lowest BCUT2D eigenvalue weighted by Crippen LogP contribution is -2.12. The van der Waals surface area contributed by atoms with Gasteiger partial charge in [-0.2, -0.15) is 0 Å². The fraction of sp³-hybridized carbons (Fsp3) is 0.143. The predicted molar refractivity (Wildman–Crippen MR) is 109 cm³/mol. The molecule has 5 nitrogen and oxygen atoms in total. The highest BCUT2D eigenvalue weighted by Gasteiger charge is 2.06. The first-order chi connectivity index (χ1) is 13.1. The van der Waals surface area contributed by atoms with Crippen LogP contribution in [-0.4, -0.2) is 24.5 Å². The normalized spacial score (nSPS) is 10.3. The van der Waals surface area contributed by atoms with Crippen LogP contribution < -0.4 is 15.4 Å². The molecule has 2 aromatic carbocycles. The summed E-state index contributed by atoms with van der Waals surface area (Å²) in [5, 5.41) is 6.68. The van der Waals surface area contributed by atoms with Gasteiger partial charge in [0.25, 0.3) is 5.91 Å². The van der Waals surface area contributed by atoms with Crippen molar-refractivity contribution in [2.75, 3.05) is 24.3 Å². The van der Waals surface area contributed by atoms with Gasteiger partial charge in [-0.15, -0.1) is 0 Å². The minimum atomic E-state index is -0.200. The van der Waals surface area contributed by atoms with Gasteiger partial charge in [0, 0.05) is 17.1 Å². The number of amides is 1. The topological polar surface area (TPSA) is 63.2 Å². The molecule has 3 rings (SSSR count). The van der Waals surface area contributed by atoms with Crippen molar-refractivity contribution in [3.63, 3.8) is 0 Å². The second-order valence-corrected chi connectivity index (χ2v) is 6.35. The number of benzene rings is 2. The van der Waals surface area contributed by atoms with Crippen LogP contribution >= 0.6 is 11.6 Å². The monoisotopic (exact) mass is 381 g/mol. The zero-order valence-electron chi connectivity index (χ0n) is 14.9. The van der Waals surface area contributed by atoms with Crippen LogP contribution in [0.15, 0.2) is 66.9 Å². The van der Waals surface area contributed by atoms with Crippen molar-refractivity contribution in [3.8, 4) is 5.75 Å². The second kappa shape index (κ2) is 9.05. The van der Waals surface area contributed by atoms with Crippen molar-refractivity contribution in [3.05, 3.63) is 83.0 Å². The van der Waals surface area contributed by atoms with E-state index in [2.05, 4.69) is 15.6 Å². The Morgan fingerprint density at radius 2 is 1.78 bits per heavy atom. The number of aromatic nitrogens is 1. The average Bonchev–Trinajstić information content (AvgIpc) is 2.70. The molecule has 0 saturated carbocycles. The highest BCUT2D eigenvalue weighted by Crippen LogP contribution is 2.15. The Morgan fingerprint density at radius 3 is 2.41 bits per heavy atom. The number of pyridine rings is 1. The molecule has 138 valence electrons. The van der Waals surface area contributed by atoms with Crippen LogP contribution in [0.2, 0.25) is 5.02 Å². The Morgan fingerprint density at radius 1 is 1.04 bits per heavy atom. The fourth-order valence-corrected chi connectivity index (χ4v) is 2.63. The van der Waals surface area contributed by atoms with Crippen LogP contribution in [0.5, 0.6) is 5.75 Å². The maximum absolute atomic E-state index is 12.2. The van der Waals surface area contributed by atoms with Gasteiger partial charge < -0.3 is 15.4 Å². The number of nitrogens with zero attached hydrogens (tertiary/aromatic N) is 1. The highest BCUT2D eigenvalue weighted by molar-refractivity contribution is 6.30. The highest BCUT2D eigenvalue weighted by atomic mass is 35.5. The second-order valence-electron chi connectivity index (χ2n) is 5.92. The third-order valence-electron chi connectivity index (χ3n) is 4.01. The number of halogens is 1. The molecule has 2 N–H and O–H groups in total. The summed E-state index contributed by atoms with van der Waals surface area (Å²) in [6, 6.07) is 18.4. The summed E-state index contributed by atoms with van der Waals surface area (Å²) in [5.41, 5.74) is 2.40. The van der Waals surface area contributed by atoms with Crippen LogP contribution in [0.4, 0.5) is 11.5 Å². The lowest BCUT2D eigenvalue weighted by molar-refractivity contribution is 0.102. The summed E-state index contributed by atoms with van der Waals surface area (Å²) >= 11 is 5.83. The Kier molecular flexibility index (Phi) is 6.28. The van der Waals surface area contributed by atoms with E-state index in [1.807, 2.05) is 36.4 Å². The van der Waals surface area contributed by atoms with Crippen molar-refractivity contribution in [1.29, 1.82) is 0 Å². The first-order valence-corrected chi connectivity index (χ1v) is 8.91. The lowest BCUT2D eigenvalue weighted by atomic mass is 10.1. The van der Waals surface area contributed by atoms with E-state index in [4.69, 9.17) is 16.3 Å². The molecule has 0 fully saturated rings. The van der Waals surface area contributed by atoms with E-state index < -0.39 is 0 Å². The molecule has 0 aliphatic carbocycles. The Labute approximate surface area is 163 Å². The number of methoxy groups -OCH3 is 1. The van der Waals surface area contributed by atoms with Crippen LogP contribution in [0.1, 0.15) is 15.9 Å². The van der Waals surface area contributed by atoms with Gasteiger partial charge in [-0.3, -0.25) is 4.79 Å². The first-order valence-electron chi connectivity index (χ1n) is 8.54. The summed E-state index contributed by atoms with van der Waals surface area (Å²) < 4.78 is 5.15. The van der Waals surface area contributed by atoms with Gasteiger partial charge in [0.15, 0.2) is 0 Å². The van der Waals surface area contributed by atoms with Crippen LogP contribution in [-0.2, 0) is 6.42 Å². The molecule has 0 aliphatic heterocycles. The number of rotatable bonds is 7. The number of ether oxygens (including phenoxy) is 1. The molecule has 0 spiro atoms. The van der Waals surface area contributed by atoms with Gasteiger partial charge in [0.1, 0.15) is 11.6 Å². The van der Waals surface area contributed by atoms with E-state index in [1.54, 1.807) is 37.6 Å². The van der Waals surface area contributed by atoms with Crippen LogP contribution in [0, 0.1) is 0 Å². The van der Waals surface area contributed by atoms with E-state index in [0.29, 0.717) is 16.3 Å². The molecule has 1 amide bonds. The summed E-state index contributed by atoms with van der Waals surface area (Å²) in [5.74, 6) is 1.41. The Bertz CT molecular complexity index is 879. The van der Waals surface area contributed by atoms with Crippen LogP contribution in [0.3, 0.4) is 0 Å². The van der Waals surface area contributed by atoms with Crippen molar-refractivity contribution < 1.29 is 9.53 Å². The van der Waals surface area contributed by atoms with Gasteiger partial charge in [-0.25, -0.2) is 4.98 Å². The smallest absolute Gasteiger partial charge is 0.255 e. The lowest BCUT2D eigenvalue weighted by Gasteiger charge is -2.08. The van der Waals surface area contributed by atoms with Crippen LogP contribution in [0.25, 0.3) is 0 Å². The maximum Gasteiger partial charge on any atom is 0.255 e. The molecule has 0 unspecified atom stereocenters. The molecule has 0 bridgehead atoms. The van der Waals surface area contributed by atoms with Crippen molar-refractivity contribution in [1.82, 2.24) is 4.98 Å². The Hall–Kier alpha value is -3.05. The molecule has 0 saturated heterocycles. The number of hydrogen-bond donors (Lipinski definition) is 2. The molecule has 0 atom stereocenters. The predicted octanol–water partition coefficient (Wildman–Crippen LogP) is 4.65. The standard InChI is InChI=1S/C21H20ClN3O2/c1-27-19-9-2-15(3-10-19)12-13-23-20-11-8-18(14-24-20)25-21(26)16-4-6-17(22)7-5-16/h2-11,14H,12-13H2,1H3,(H,23,24)(H,25,26). The average molecular weight is 382 g/mol. The minimum Gasteiger partial charge on any atom is -0.497 e. The Balaban J connectivity index is 1.49. The largest absolute Gasteiger partial charge is 0.497 e. The summed E-state index contributed by atoms with van der Waals surface area (Å²) in [4.78, 5) is 16.5. The zero-order chi connectivity index (χ0) is 19.1. The van der Waals surface area contributed by atoms with Gasteiger partial charge in [0.2, 0.25) is 0 Å². The number of hydrogen-bond acceptors (Lipinski definition) is 4. The first kappa shape index (κ1) is 18.7. The van der Waals surface area contributed by atoms with Gasteiger partial charge in [-0.05, 0) is 60.5 Å². The maximum atomic E-state index is 12.2. The number of carbonyl (C=O) groups is 1. The van der Waals surface area contributed by atoms with E-state index in [1.165, 1.54) is 5.56 Å². The van der Waals surface area contributed by atoms with E-state index >= 15 is 0 Å².